The molecule has 0 amide bonds. The summed E-state index contributed by atoms with van der Waals surface area (Å²) in [6.07, 6.45) is 2.20. The van der Waals surface area contributed by atoms with Crippen molar-refractivity contribution < 1.29 is 48.7 Å². The van der Waals surface area contributed by atoms with Gasteiger partial charge in [0.15, 0.2) is 0 Å². The van der Waals surface area contributed by atoms with Crippen LogP contribution in [0.25, 0.3) is 0 Å². The molecule has 0 aliphatic heterocycles. The third-order valence-corrected chi connectivity index (χ3v) is 1.21. The first-order chi connectivity index (χ1) is 5.27. The topological polar surface area (TPSA) is 58.6 Å². The molecule has 4 nitrogen and oxygen atoms in total. The van der Waals surface area contributed by atoms with Crippen molar-refractivity contribution in [2.24, 2.45) is 0 Å². The molecule has 1 unspecified atom stereocenters. The minimum atomic E-state index is -2.40. The Balaban J connectivity index is -0.000000500. The Kier molecular flexibility index (Phi) is 15.0. The monoisotopic (exact) mass is 203 g/mol. The van der Waals surface area contributed by atoms with Crippen LogP contribution in [0.5, 0.6) is 0 Å². The average Bonchev–Trinajstić information content (AvgIpc) is 1.96. The second-order valence-electron chi connectivity index (χ2n) is 1.74. The van der Waals surface area contributed by atoms with Gasteiger partial charge in [-0.3, -0.25) is 0 Å². The summed E-state index contributed by atoms with van der Waals surface area (Å²) in [6, 6.07) is 0. The van der Waals surface area contributed by atoms with Crippen LogP contribution in [-0.4, -0.2) is 28.6 Å². The Labute approximate surface area is 98.6 Å². The maximum atomic E-state index is 9.81. The Morgan fingerprint density at radius 2 is 2.25 bits per heavy atom. The molecule has 0 heterocycles. The second-order valence-corrected chi connectivity index (χ2v) is 2.39. The summed E-state index contributed by atoms with van der Waals surface area (Å²) in [5, 5.41) is 0. The van der Waals surface area contributed by atoms with Crippen molar-refractivity contribution in [3.8, 4) is 0 Å². The second kappa shape index (κ2) is 11.8. The summed E-state index contributed by atoms with van der Waals surface area (Å²) in [5.74, 6) is 0. The summed E-state index contributed by atoms with van der Waals surface area (Å²) in [4.78, 5) is 0. The van der Waals surface area contributed by atoms with Crippen LogP contribution in [-0.2, 0) is 20.3 Å². The van der Waals surface area contributed by atoms with Crippen molar-refractivity contribution in [1.82, 2.24) is 0 Å². The summed E-state index contributed by atoms with van der Waals surface area (Å²) < 4.78 is 28.8. The van der Waals surface area contributed by atoms with Crippen molar-refractivity contribution >= 4 is 11.4 Å². The van der Waals surface area contributed by atoms with E-state index in [1.54, 1.807) is 6.08 Å². The molecule has 0 aliphatic carbocycles. The van der Waals surface area contributed by atoms with Crippen LogP contribution in [0.3, 0.4) is 0 Å². The van der Waals surface area contributed by atoms with Gasteiger partial charge in [-0.25, -0.2) is 4.21 Å². The molecule has 0 aromatic heterocycles. The van der Waals surface area contributed by atoms with Crippen LogP contribution in [0.1, 0.15) is 7.85 Å². The predicted octanol–water partition coefficient (Wildman–Crippen LogP) is -2.49. The molecular weight excluding hydrogens is 191 g/mol. The van der Waals surface area contributed by atoms with Gasteiger partial charge in [0, 0.05) is 6.61 Å². The zero-order valence-corrected chi connectivity index (χ0v) is 9.97. The predicted molar refractivity (Wildman–Crippen MR) is 41.6 cm³/mol. The first-order valence-corrected chi connectivity index (χ1v) is 4.18. The SMILES string of the molecule is C=CCOCCCOS(=O)[O-].[H-].[Na+]. The third-order valence-electron chi connectivity index (χ3n) is 0.848. The molecule has 0 saturated heterocycles. The maximum Gasteiger partial charge on any atom is 1.00 e. The van der Waals surface area contributed by atoms with Crippen molar-refractivity contribution in [2.45, 2.75) is 6.42 Å². The van der Waals surface area contributed by atoms with Gasteiger partial charge in [0.1, 0.15) is 0 Å². The Hall–Kier alpha value is 0.770. The van der Waals surface area contributed by atoms with E-state index in [1.165, 1.54) is 0 Å². The summed E-state index contributed by atoms with van der Waals surface area (Å²) in [5.41, 5.74) is 0. The molecule has 0 rings (SSSR count). The van der Waals surface area contributed by atoms with E-state index in [2.05, 4.69) is 10.8 Å². The van der Waals surface area contributed by atoms with Crippen molar-refractivity contribution in [1.29, 1.82) is 0 Å². The van der Waals surface area contributed by atoms with Gasteiger partial charge in [-0.05, 0) is 6.42 Å². The number of rotatable bonds is 7. The summed E-state index contributed by atoms with van der Waals surface area (Å²) in [7, 11) is 0. The van der Waals surface area contributed by atoms with Gasteiger partial charge in [-0.2, -0.15) is 0 Å². The molecule has 0 aromatic rings. The van der Waals surface area contributed by atoms with Gasteiger partial charge in [0.2, 0.25) is 0 Å². The number of hydrogen-bond acceptors (Lipinski definition) is 4. The van der Waals surface area contributed by atoms with E-state index in [-0.39, 0.29) is 37.6 Å². The summed E-state index contributed by atoms with van der Waals surface area (Å²) in [6.45, 7) is 4.60. The molecule has 12 heavy (non-hydrogen) atoms. The molecule has 0 aromatic carbocycles. The van der Waals surface area contributed by atoms with Gasteiger partial charge in [0.25, 0.3) is 0 Å². The van der Waals surface area contributed by atoms with Crippen LogP contribution < -0.4 is 29.6 Å². The minimum absolute atomic E-state index is 0. The van der Waals surface area contributed by atoms with E-state index in [0.717, 1.165) is 0 Å². The van der Waals surface area contributed by atoms with Crippen LogP contribution in [0.2, 0.25) is 0 Å². The fourth-order valence-corrected chi connectivity index (χ4v) is 0.709. The zero-order chi connectivity index (χ0) is 8.53. The quantitative estimate of drug-likeness (QED) is 0.199. The molecule has 0 aliphatic rings. The molecule has 68 valence electrons. The Bertz CT molecular complexity index is 136. The minimum Gasteiger partial charge on any atom is -1.00 e. The number of hydrogen-bond donors (Lipinski definition) is 0. The molecule has 0 radical (unpaired) electrons. The molecule has 0 bridgehead atoms. The van der Waals surface area contributed by atoms with Crippen LogP contribution in [0.15, 0.2) is 12.7 Å². The molecule has 0 spiro atoms. The molecule has 0 N–H and O–H groups in total. The van der Waals surface area contributed by atoms with Crippen LogP contribution in [0, 0.1) is 0 Å². The number of ether oxygens (including phenoxy) is 1. The first-order valence-electron chi connectivity index (χ1n) is 3.18. The van der Waals surface area contributed by atoms with Crippen molar-refractivity contribution in [3.05, 3.63) is 12.7 Å². The third kappa shape index (κ3) is 13.4. The fourth-order valence-electron chi connectivity index (χ4n) is 0.455. The average molecular weight is 203 g/mol. The standard InChI is InChI=1S/C6H12O4S.Na.H/c1-2-4-9-5-3-6-10-11(7)8;;/h2H,1,3-6H2,(H,7,8);;/q;+1;-1/p-1. The van der Waals surface area contributed by atoms with Crippen LogP contribution in [0.4, 0.5) is 0 Å². The Morgan fingerprint density at radius 1 is 1.58 bits per heavy atom. The van der Waals surface area contributed by atoms with Gasteiger partial charge >= 0.3 is 29.6 Å². The molecule has 6 heteroatoms. The van der Waals surface area contributed by atoms with Gasteiger partial charge in [0.05, 0.1) is 24.6 Å². The fraction of sp³-hybridized carbons (Fsp3) is 0.667. The van der Waals surface area contributed by atoms with Crippen LogP contribution >= 0.6 is 0 Å². The van der Waals surface area contributed by atoms with Crippen molar-refractivity contribution in [2.75, 3.05) is 19.8 Å². The first kappa shape index (κ1) is 15.3. The normalized spacial score (nSPS) is 11.8. The van der Waals surface area contributed by atoms with Crippen molar-refractivity contribution in [3.63, 3.8) is 0 Å². The largest absolute Gasteiger partial charge is 1.00 e. The van der Waals surface area contributed by atoms with E-state index < -0.39 is 11.4 Å². The van der Waals surface area contributed by atoms with Gasteiger partial charge < -0.3 is 14.9 Å². The van der Waals surface area contributed by atoms with E-state index in [4.69, 9.17) is 4.74 Å². The van der Waals surface area contributed by atoms with Gasteiger partial charge in [-0.15, -0.1) is 6.58 Å². The van der Waals surface area contributed by atoms with Gasteiger partial charge in [-0.1, -0.05) is 6.08 Å². The maximum absolute atomic E-state index is 9.81. The molecular formula is C6H12NaO4S-. The van der Waals surface area contributed by atoms with E-state index in [0.29, 0.717) is 19.6 Å². The smallest absolute Gasteiger partial charge is 1.00 e. The summed E-state index contributed by atoms with van der Waals surface area (Å²) >= 11 is -2.40. The van der Waals surface area contributed by atoms with E-state index in [1.807, 2.05) is 0 Å². The molecule has 0 fully saturated rings. The molecule has 1 atom stereocenters. The molecule has 0 saturated carbocycles. The Morgan fingerprint density at radius 3 is 2.75 bits per heavy atom. The van der Waals surface area contributed by atoms with E-state index >= 15 is 0 Å². The zero-order valence-electron chi connectivity index (χ0n) is 8.15. The van der Waals surface area contributed by atoms with E-state index in [9.17, 15) is 8.76 Å².